The van der Waals surface area contributed by atoms with E-state index in [0.29, 0.717) is 17.7 Å². The first kappa shape index (κ1) is 12.1. The standard InChI is InChI=1S/C15H13FN2/c1-18(14-5-3-2-4-6-14)11-13-8-7-12(10-17)9-15(13)16/h2-9H,11H2,1H3. The fourth-order valence-corrected chi connectivity index (χ4v) is 1.77. The molecule has 3 heteroatoms. The molecule has 0 aromatic heterocycles. The van der Waals surface area contributed by atoms with Crippen molar-refractivity contribution in [3.05, 3.63) is 65.5 Å². The maximum atomic E-state index is 13.7. The second-order valence-electron chi connectivity index (χ2n) is 4.11. The van der Waals surface area contributed by atoms with Crippen molar-refractivity contribution in [2.24, 2.45) is 0 Å². The quantitative estimate of drug-likeness (QED) is 0.822. The number of hydrogen-bond donors (Lipinski definition) is 0. The van der Waals surface area contributed by atoms with E-state index in [0.717, 1.165) is 5.69 Å². The number of anilines is 1. The van der Waals surface area contributed by atoms with Crippen LogP contribution in [0.2, 0.25) is 0 Å². The number of nitrogens with zero attached hydrogens (tertiary/aromatic N) is 2. The third-order valence-corrected chi connectivity index (χ3v) is 2.79. The van der Waals surface area contributed by atoms with Gasteiger partial charge in [-0.25, -0.2) is 4.39 Å². The summed E-state index contributed by atoms with van der Waals surface area (Å²) in [5.74, 6) is -0.336. The van der Waals surface area contributed by atoms with Crippen LogP contribution in [0.3, 0.4) is 0 Å². The molecule has 0 bridgehead atoms. The van der Waals surface area contributed by atoms with Gasteiger partial charge < -0.3 is 4.90 Å². The summed E-state index contributed by atoms with van der Waals surface area (Å²) in [6, 6.07) is 16.3. The summed E-state index contributed by atoms with van der Waals surface area (Å²) in [4.78, 5) is 1.96. The van der Waals surface area contributed by atoms with E-state index < -0.39 is 0 Å². The van der Waals surface area contributed by atoms with Crippen LogP contribution in [0.15, 0.2) is 48.5 Å². The first-order chi connectivity index (χ1) is 8.70. The highest BCUT2D eigenvalue weighted by atomic mass is 19.1. The molecule has 0 aliphatic rings. The summed E-state index contributed by atoms with van der Waals surface area (Å²) in [5, 5.41) is 8.69. The third kappa shape index (κ3) is 2.67. The van der Waals surface area contributed by atoms with Crippen LogP contribution < -0.4 is 4.90 Å². The Morgan fingerprint density at radius 3 is 2.50 bits per heavy atom. The summed E-state index contributed by atoms with van der Waals surface area (Å²) < 4.78 is 13.7. The molecule has 0 aliphatic heterocycles. The molecule has 0 fully saturated rings. The Balaban J connectivity index is 2.18. The predicted molar refractivity (Wildman–Crippen MR) is 69.7 cm³/mol. The van der Waals surface area contributed by atoms with Crippen LogP contribution in [0.1, 0.15) is 11.1 Å². The van der Waals surface area contributed by atoms with E-state index in [4.69, 9.17) is 5.26 Å². The molecule has 0 spiro atoms. The van der Waals surface area contributed by atoms with Gasteiger partial charge in [0.15, 0.2) is 0 Å². The van der Waals surface area contributed by atoms with E-state index in [1.54, 1.807) is 12.1 Å². The number of rotatable bonds is 3. The Hall–Kier alpha value is -2.34. The maximum absolute atomic E-state index is 13.7. The van der Waals surface area contributed by atoms with Crippen molar-refractivity contribution in [1.29, 1.82) is 5.26 Å². The van der Waals surface area contributed by atoms with E-state index in [2.05, 4.69) is 0 Å². The van der Waals surface area contributed by atoms with Crippen LogP contribution in [0.5, 0.6) is 0 Å². The molecule has 90 valence electrons. The van der Waals surface area contributed by atoms with Gasteiger partial charge in [-0.3, -0.25) is 0 Å². The van der Waals surface area contributed by atoms with Crippen LogP contribution in [0.25, 0.3) is 0 Å². The average Bonchev–Trinajstić information content (AvgIpc) is 2.42. The molecule has 0 amide bonds. The molecule has 2 aromatic rings. The Morgan fingerprint density at radius 1 is 1.17 bits per heavy atom. The van der Waals surface area contributed by atoms with Crippen LogP contribution in [0.4, 0.5) is 10.1 Å². The molecule has 0 atom stereocenters. The molecular formula is C15H13FN2. The van der Waals surface area contributed by atoms with Gasteiger partial charge in [-0.05, 0) is 24.3 Å². The minimum atomic E-state index is -0.336. The fourth-order valence-electron chi connectivity index (χ4n) is 1.77. The average molecular weight is 240 g/mol. The van der Waals surface area contributed by atoms with E-state index in [1.165, 1.54) is 6.07 Å². The minimum absolute atomic E-state index is 0.336. The third-order valence-electron chi connectivity index (χ3n) is 2.79. The smallest absolute Gasteiger partial charge is 0.129 e. The first-order valence-corrected chi connectivity index (χ1v) is 5.65. The van der Waals surface area contributed by atoms with Crippen LogP contribution in [-0.2, 0) is 6.54 Å². The van der Waals surface area contributed by atoms with Gasteiger partial charge in [-0.1, -0.05) is 24.3 Å². The zero-order valence-electron chi connectivity index (χ0n) is 10.1. The van der Waals surface area contributed by atoms with Crippen LogP contribution in [-0.4, -0.2) is 7.05 Å². The summed E-state index contributed by atoms with van der Waals surface area (Å²) in [6.45, 7) is 0.474. The van der Waals surface area contributed by atoms with Crippen molar-refractivity contribution in [2.45, 2.75) is 6.54 Å². The SMILES string of the molecule is CN(Cc1ccc(C#N)cc1F)c1ccccc1. The second kappa shape index (κ2) is 5.33. The highest BCUT2D eigenvalue weighted by Crippen LogP contribution is 2.17. The zero-order valence-corrected chi connectivity index (χ0v) is 10.1. The summed E-state index contributed by atoms with van der Waals surface area (Å²) >= 11 is 0. The minimum Gasteiger partial charge on any atom is -0.370 e. The van der Waals surface area contributed by atoms with Gasteiger partial charge in [0.1, 0.15) is 5.82 Å². The molecule has 0 saturated carbocycles. The number of halogens is 1. The lowest BCUT2D eigenvalue weighted by atomic mass is 10.1. The molecule has 2 nitrogen and oxygen atoms in total. The van der Waals surface area contributed by atoms with Gasteiger partial charge in [0.05, 0.1) is 11.6 Å². The zero-order chi connectivity index (χ0) is 13.0. The Kier molecular flexibility index (Phi) is 3.59. The number of benzene rings is 2. The molecule has 0 saturated heterocycles. The molecule has 2 rings (SSSR count). The highest BCUT2D eigenvalue weighted by Gasteiger charge is 2.07. The van der Waals surface area contributed by atoms with Gasteiger partial charge in [0.2, 0.25) is 0 Å². The lowest BCUT2D eigenvalue weighted by Gasteiger charge is -2.19. The number of nitriles is 1. The normalized spacial score (nSPS) is 9.83. The van der Waals surface area contributed by atoms with Crippen LogP contribution >= 0.6 is 0 Å². The Morgan fingerprint density at radius 2 is 1.89 bits per heavy atom. The Bertz CT molecular complexity index is 573. The predicted octanol–water partition coefficient (Wildman–Crippen LogP) is 3.33. The van der Waals surface area contributed by atoms with Gasteiger partial charge in [0.25, 0.3) is 0 Å². The molecule has 0 radical (unpaired) electrons. The van der Waals surface area contributed by atoms with E-state index in [-0.39, 0.29) is 5.82 Å². The lowest BCUT2D eigenvalue weighted by Crippen LogP contribution is -2.17. The first-order valence-electron chi connectivity index (χ1n) is 5.65. The molecule has 2 aromatic carbocycles. The van der Waals surface area contributed by atoms with Crippen molar-refractivity contribution in [2.75, 3.05) is 11.9 Å². The van der Waals surface area contributed by atoms with E-state index in [1.807, 2.05) is 48.3 Å². The topological polar surface area (TPSA) is 27.0 Å². The highest BCUT2D eigenvalue weighted by molar-refractivity contribution is 5.46. The van der Waals surface area contributed by atoms with Crippen molar-refractivity contribution >= 4 is 5.69 Å². The Labute approximate surface area is 106 Å². The van der Waals surface area contributed by atoms with E-state index >= 15 is 0 Å². The summed E-state index contributed by atoms with van der Waals surface area (Å²) in [6.07, 6.45) is 0. The number of hydrogen-bond acceptors (Lipinski definition) is 2. The monoisotopic (exact) mass is 240 g/mol. The lowest BCUT2D eigenvalue weighted by molar-refractivity contribution is 0.607. The summed E-state index contributed by atoms with van der Waals surface area (Å²) in [7, 11) is 1.91. The van der Waals surface area contributed by atoms with Crippen molar-refractivity contribution in [3.63, 3.8) is 0 Å². The van der Waals surface area contributed by atoms with Crippen molar-refractivity contribution in [3.8, 4) is 6.07 Å². The molecular weight excluding hydrogens is 227 g/mol. The molecule has 0 unspecified atom stereocenters. The van der Waals surface area contributed by atoms with Crippen molar-refractivity contribution < 1.29 is 4.39 Å². The van der Waals surface area contributed by atoms with Gasteiger partial charge in [-0.2, -0.15) is 5.26 Å². The largest absolute Gasteiger partial charge is 0.370 e. The molecule has 0 aliphatic carbocycles. The molecule has 0 N–H and O–H groups in total. The van der Waals surface area contributed by atoms with Gasteiger partial charge in [0, 0.05) is 24.8 Å². The molecule has 18 heavy (non-hydrogen) atoms. The van der Waals surface area contributed by atoms with Crippen LogP contribution in [0, 0.1) is 17.1 Å². The summed E-state index contributed by atoms with van der Waals surface area (Å²) in [5.41, 5.74) is 1.96. The molecule has 0 heterocycles. The number of para-hydroxylation sites is 1. The van der Waals surface area contributed by atoms with Gasteiger partial charge in [-0.15, -0.1) is 0 Å². The van der Waals surface area contributed by atoms with Crippen molar-refractivity contribution in [1.82, 2.24) is 0 Å². The van der Waals surface area contributed by atoms with E-state index in [9.17, 15) is 4.39 Å². The fraction of sp³-hybridized carbons (Fsp3) is 0.133. The van der Waals surface area contributed by atoms with Gasteiger partial charge >= 0.3 is 0 Å². The maximum Gasteiger partial charge on any atom is 0.129 e. The second-order valence-corrected chi connectivity index (χ2v) is 4.11.